The predicted octanol–water partition coefficient (Wildman–Crippen LogP) is 3.62. The minimum Gasteiger partial charge on any atom is -0.495 e. The summed E-state index contributed by atoms with van der Waals surface area (Å²) in [4.78, 5) is 19.5. The number of hydrogen-bond donors (Lipinski definition) is 1. The summed E-state index contributed by atoms with van der Waals surface area (Å²) in [5, 5.41) is 3.90. The first kappa shape index (κ1) is 22.9. The average Bonchev–Trinajstić information content (AvgIpc) is 3.25. The van der Waals surface area contributed by atoms with Gasteiger partial charge in [0.2, 0.25) is 5.91 Å². The van der Waals surface area contributed by atoms with E-state index in [4.69, 9.17) is 16.3 Å². The molecule has 1 saturated heterocycles. The van der Waals surface area contributed by atoms with Crippen LogP contribution in [0.25, 0.3) is 0 Å². The molecule has 0 bridgehead atoms. The summed E-state index contributed by atoms with van der Waals surface area (Å²) in [5.74, 6) is 0.416. The number of carbonyl (C=O) groups is 1. The summed E-state index contributed by atoms with van der Waals surface area (Å²) >= 11 is 7.51. The van der Waals surface area contributed by atoms with Crippen LogP contribution in [0, 0.1) is 0 Å². The van der Waals surface area contributed by atoms with Gasteiger partial charge in [-0.05, 0) is 42.3 Å². The maximum atomic E-state index is 13.0. The number of rotatable bonds is 6. The molecule has 2 aliphatic rings. The van der Waals surface area contributed by atoms with E-state index < -0.39 is 9.84 Å². The zero-order chi connectivity index (χ0) is 22.9. The lowest BCUT2D eigenvalue weighted by Gasteiger charge is -2.24. The molecular weight excluding hydrogens is 470 g/mol. The monoisotopic (exact) mass is 493 g/mol. The van der Waals surface area contributed by atoms with Crippen molar-refractivity contribution in [3.05, 3.63) is 53.1 Å². The normalized spacial score (nSPS) is 21.0. The van der Waals surface area contributed by atoms with Crippen LogP contribution < -0.4 is 15.0 Å². The third-order valence-corrected chi connectivity index (χ3v) is 8.91. The molecule has 2 heterocycles. The summed E-state index contributed by atoms with van der Waals surface area (Å²) in [6, 6.07) is 12.7. The fourth-order valence-corrected chi connectivity index (χ4v) is 7.72. The number of sulfone groups is 1. The van der Waals surface area contributed by atoms with Gasteiger partial charge in [-0.1, -0.05) is 42.4 Å². The van der Waals surface area contributed by atoms with Gasteiger partial charge in [-0.3, -0.25) is 9.79 Å². The van der Waals surface area contributed by atoms with E-state index in [2.05, 4.69) is 17.2 Å². The van der Waals surface area contributed by atoms with Crippen LogP contribution in [0.3, 0.4) is 0 Å². The number of nitrogens with zero attached hydrogens (tertiary/aromatic N) is 2. The Morgan fingerprint density at radius 3 is 2.66 bits per heavy atom. The topological polar surface area (TPSA) is 88.1 Å². The average molecular weight is 494 g/mol. The molecule has 0 aliphatic carbocycles. The highest BCUT2D eigenvalue weighted by Gasteiger charge is 2.44. The van der Waals surface area contributed by atoms with Gasteiger partial charge >= 0.3 is 0 Å². The number of benzene rings is 2. The maximum absolute atomic E-state index is 13.0. The molecule has 1 amide bonds. The minimum absolute atomic E-state index is 0.0131. The van der Waals surface area contributed by atoms with Gasteiger partial charge in [0.1, 0.15) is 12.3 Å². The zero-order valence-electron chi connectivity index (χ0n) is 17.7. The van der Waals surface area contributed by atoms with Crippen molar-refractivity contribution in [1.29, 1.82) is 0 Å². The molecule has 10 heteroatoms. The number of methoxy groups -OCH3 is 1. The van der Waals surface area contributed by atoms with Crippen molar-refractivity contribution in [3.8, 4) is 5.75 Å². The van der Waals surface area contributed by atoms with Crippen LogP contribution in [-0.2, 0) is 21.1 Å². The summed E-state index contributed by atoms with van der Waals surface area (Å²) in [7, 11) is -1.53. The number of fused-ring (bicyclic) bond motifs is 1. The van der Waals surface area contributed by atoms with E-state index in [0.29, 0.717) is 21.6 Å². The van der Waals surface area contributed by atoms with Crippen LogP contribution in [0.5, 0.6) is 5.75 Å². The van der Waals surface area contributed by atoms with Crippen LogP contribution in [0.15, 0.2) is 47.5 Å². The molecular formula is C22H24ClN3O4S2. The number of amidine groups is 1. The third-order valence-electron chi connectivity index (χ3n) is 5.43. The number of halogens is 1. The molecule has 170 valence electrons. The van der Waals surface area contributed by atoms with E-state index in [1.807, 2.05) is 29.2 Å². The van der Waals surface area contributed by atoms with Gasteiger partial charge in [-0.25, -0.2) is 8.42 Å². The van der Waals surface area contributed by atoms with Crippen LogP contribution in [0.1, 0.15) is 12.5 Å². The number of thioether (sulfide) groups is 1. The molecule has 0 unspecified atom stereocenters. The number of hydrogen-bond acceptors (Lipinski definition) is 7. The molecule has 1 fully saturated rings. The summed E-state index contributed by atoms with van der Waals surface area (Å²) in [6.45, 7) is 2.09. The highest BCUT2D eigenvalue weighted by atomic mass is 35.5. The minimum atomic E-state index is -3.06. The number of anilines is 2. The quantitative estimate of drug-likeness (QED) is 0.661. The fourth-order valence-electron chi connectivity index (χ4n) is 3.76. The molecule has 0 radical (unpaired) electrons. The summed E-state index contributed by atoms with van der Waals surface area (Å²) in [5.41, 5.74) is 2.49. The van der Waals surface area contributed by atoms with Crippen LogP contribution >= 0.6 is 23.4 Å². The number of aryl methyl sites for hydroxylation is 1. The molecule has 0 spiro atoms. The Bertz CT molecular complexity index is 1150. The second kappa shape index (κ2) is 9.33. The van der Waals surface area contributed by atoms with Crippen molar-refractivity contribution in [1.82, 2.24) is 0 Å². The number of nitrogens with one attached hydrogen (secondary N) is 1. The standard InChI is InChI=1S/C22H24ClN3O4S2/c1-3-14-4-7-16(8-5-14)26(22-25-18-12-32(28,29)13-20(18)31-22)11-21(27)24-17-10-15(23)6-9-19(17)30-2/h4-10,18,20H,3,11-13H2,1-2H3,(H,24,27)/t18-,20-/m1/s1. The molecule has 0 aromatic heterocycles. The van der Waals surface area contributed by atoms with Crippen molar-refractivity contribution in [2.24, 2.45) is 4.99 Å². The SMILES string of the molecule is CCc1ccc(N(CC(=O)Nc2cc(Cl)ccc2OC)C2=N[C@@H]3CS(=O)(=O)C[C@H]3S2)cc1. The molecule has 2 aromatic rings. The lowest BCUT2D eigenvalue weighted by Crippen LogP contribution is -2.36. The molecule has 2 aromatic carbocycles. The first-order chi connectivity index (χ1) is 15.3. The number of amides is 1. The summed E-state index contributed by atoms with van der Waals surface area (Å²) in [6.07, 6.45) is 0.910. The Hall–Kier alpha value is -2.23. The van der Waals surface area contributed by atoms with E-state index in [-0.39, 0.29) is 35.2 Å². The lowest BCUT2D eigenvalue weighted by molar-refractivity contribution is -0.114. The molecule has 4 rings (SSSR count). The van der Waals surface area contributed by atoms with Crippen LogP contribution in [-0.4, -0.2) is 55.9 Å². The van der Waals surface area contributed by atoms with Gasteiger partial charge in [-0.15, -0.1) is 0 Å². The predicted molar refractivity (Wildman–Crippen MR) is 131 cm³/mol. The van der Waals surface area contributed by atoms with Crippen molar-refractivity contribution >= 4 is 55.6 Å². The van der Waals surface area contributed by atoms with Gasteiger partial charge in [0.05, 0.1) is 30.3 Å². The van der Waals surface area contributed by atoms with Crippen molar-refractivity contribution in [2.75, 3.05) is 35.4 Å². The highest BCUT2D eigenvalue weighted by molar-refractivity contribution is 8.15. The van der Waals surface area contributed by atoms with Gasteiger partial charge in [0.15, 0.2) is 15.0 Å². The number of ether oxygens (including phenoxy) is 1. The van der Waals surface area contributed by atoms with Gasteiger partial charge in [0.25, 0.3) is 0 Å². The first-order valence-corrected chi connectivity index (χ1v) is 13.3. The Labute approximate surface area is 197 Å². The molecule has 2 atom stereocenters. The Morgan fingerprint density at radius 1 is 1.25 bits per heavy atom. The van der Waals surface area contributed by atoms with Crippen molar-refractivity contribution in [3.63, 3.8) is 0 Å². The number of carbonyl (C=O) groups excluding carboxylic acids is 1. The van der Waals surface area contributed by atoms with E-state index >= 15 is 0 Å². The molecule has 0 saturated carbocycles. The zero-order valence-corrected chi connectivity index (χ0v) is 20.1. The third kappa shape index (κ3) is 5.05. The van der Waals surface area contributed by atoms with Gasteiger partial charge in [-0.2, -0.15) is 0 Å². The highest BCUT2D eigenvalue weighted by Crippen LogP contribution is 2.37. The Morgan fingerprint density at radius 2 is 2.00 bits per heavy atom. The van der Waals surface area contributed by atoms with E-state index in [1.54, 1.807) is 18.2 Å². The Kier molecular flexibility index (Phi) is 6.69. The number of aliphatic imine (C=N–C) groups is 1. The molecule has 7 nitrogen and oxygen atoms in total. The second-order valence-electron chi connectivity index (χ2n) is 7.71. The van der Waals surface area contributed by atoms with Gasteiger partial charge in [0, 0.05) is 16.0 Å². The second-order valence-corrected chi connectivity index (χ2v) is 11.5. The Balaban J connectivity index is 1.58. The lowest BCUT2D eigenvalue weighted by atomic mass is 10.1. The maximum Gasteiger partial charge on any atom is 0.244 e. The molecule has 32 heavy (non-hydrogen) atoms. The molecule has 1 N–H and O–H groups in total. The van der Waals surface area contributed by atoms with Crippen LogP contribution in [0.4, 0.5) is 11.4 Å². The van der Waals surface area contributed by atoms with E-state index in [0.717, 1.165) is 12.1 Å². The van der Waals surface area contributed by atoms with E-state index in [1.165, 1.54) is 24.4 Å². The van der Waals surface area contributed by atoms with Gasteiger partial charge < -0.3 is 15.0 Å². The van der Waals surface area contributed by atoms with E-state index in [9.17, 15) is 13.2 Å². The summed E-state index contributed by atoms with van der Waals surface area (Å²) < 4.78 is 29.2. The van der Waals surface area contributed by atoms with Crippen molar-refractivity contribution in [2.45, 2.75) is 24.6 Å². The fraction of sp³-hybridized carbons (Fsp3) is 0.364. The van der Waals surface area contributed by atoms with Crippen molar-refractivity contribution < 1.29 is 17.9 Å². The first-order valence-electron chi connectivity index (χ1n) is 10.2. The smallest absolute Gasteiger partial charge is 0.244 e. The van der Waals surface area contributed by atoms with Crippen LogP contribution in [0.2, 0.25) is 5.02 Å². The molecule has 2 aliphatic heterocycles. The largest absolute Gasteiger partial charge is 0.495 e.